The highest BCUT2D eigenvalue weighted by Gasteiger charge is 2.42. The zero-order chi connectivity index (χ0) is 48.5. The lowest BCUT2D eigenvalue weighted by atomic mass is 10.0. The zero-order valence-corrected chi connectivity index (χ0v) is 37.3. The molecule has 0 radical (unpaired) electrons. The van der Waals surface area contributed by atoms with Crippen LogP contribution in [0, 0.1) is 34.9 Å². The first-order valence-electron chi connectivity index (χ1n) is 19.4. The molecule has 4 aromatic carbocycles. The minimum absolute atomic E-state index is 0.219. The molecule has 0 saturated carbocycles. The number of esters is 2. The molecule has 0 bridgehead atoms. The van der Waals surface area contributed by atoms with Crippen molar-refractivity contribution in [1.82, 2.24) is 18.6 Å². The van der Waals surface area contributed by atoms with E-state index in [1.807, 2.05) is 0 Å². The molecule has 2 unspecified atom stereocenters. The number of carbonyl (C=O) groups excluding carboxylic acids is 2. The summed E-state index contributed by atoms with van der Waals surface area (Å²) in [5.74, 6) is -9.12. The molecule has 6 rings (SSSR count). The Labute approximate surface area is 374 Å². The number of ether oxygens (including phenoxy) is 4. The molecule has 2 heterocycles. The molecule has 0 aliphatic heterocycles. The third-order valence-corrected chi connectivity index (χ3v) is 13.8. The van der Waals surface area contributed by atoms with Gasteiger partial charge in [-0.2, -0.15) is 0 Å². The minimum Gasteiger partial charge on any atom is -0.494 e. The number of benzene rings is 4. The first-order chi connectivity index (χ1) is 31.0. The van der Waals surface area contributed by atoms with E-state index in [-0.39, 0.29) is 22.6 Å². The number of carbonyl (C=O) groups is 2. The van der Waals surface area contributed by atoms with E-state index in [4.69, 9.17) is 18.9 Å². The van der Waals surface area contributed by atoms with Crippen LogP contribution in [-0.4, -0.2) is 65.0 Å². The van der Waals surface area contributed by atoms with Crippen LogP contribution in [0.25, 0.3) is 22.5 Å². The average Bonchev–Trinajstić information content (AvgIpc) is 3.87. The molecular weight excluding hydrogens is 923 g/mol. The van der Waals surface area contributed by atoms with Crippen LogP contribution < -0.4 is 20.1 Å². The van der Waals surface area contributed by atoms with E-state index in [1.54, 1.807) is 0 Å². The van der Waals surface area contributed by atoms with Gasteiger partial charge in [-0.05, 0) is 88.6 Å². The van der Waals surface area contributed by atoms with Crippen molar-refractivity contribution in [2.24, 2.45) is 0 Å². The lowest BCUT2D eigenvalue weighted by molar-refractivity contribution is -0.170. The van der Waals surface area contributed by atoms with Gasteiger partial charge in [-0.25, -0.2) is 51.1 Å². The van der Waals surface area contributed by atoms with Crippen molar-refractivity contribution >= 4 is 32.0 Å². The van der Waals surface area contributed by atoms with Gasteiger partial charge in [0.1, 0.15) is 46.3 Å². The number of nitrogens with one attached hydrogen (secondary N) is 2. The molecule has 0 aliphatic carbocycles. The highest BCUT2D eigenvalue weighted by Crippen LogP contribution is 2.45. The first-order valence-corrected chi connectivity index (χ1v) is 22.3. The van der Waals surface area contributed by atoms with Gasteiger partial charge in [0.05, 0.1) is 48.0 Å². The molecule has 66 heavy (non-hydrogen) atoms. The maximum atomic E-state index is 15.4. The minimum atomic E-state index is -4.78. The Morgan fingerprint density at radius 2 is 0.909 bits per heavy atom. The maximum absolute atomic E-state index is 15.4. The fraction of sp³-hybridized carbons (Fsp3) is 0.227. The van der Waals surface area contributed by atoms with Crippen molar-refractivity contribution in [1.29, 1.82) is 0 Å². The van der Waals surface area contributed by atoms with E-state index in [2.05, 4.69) is 10.6 Å². The predicted molar refractivity (Wildman–Crippen MR) is 225 cm³/mol. The lowest BCUT2D eigenvalue weighted by Crippen LogP contribution is -2.42. The van der Waals surface area contributed by atoms with Gasteiger partial charge < -0.3 is 18.9 Å². The predicted octanol–water partition coefficient (Wildman–Crippen LogP) is 7.30. The third-order valence-electron chi connectivity index (χ3n) is 10.5. The highest BCUT2D eigenvalue weighted by molar-refractivity contribution is 7.90. The smallest absolute Gasteiger partial charge is 0.308 e. The number of halogens is 6. The fourth-order valence-corrected chi connectivity index (χ4v) is 9.79. The molecule has 22 heteroatoms. The summed E-state index contributed by atoms with van der Waals surface area (Å²) in [6, 6.07) is 12.5. The Kier molecular flexibility index (Phi) is 13.8. The zero-order valence-electron chi connectivity index (χ0n) is 35.7. The van der Waals surface area contributed by atoms with Gasteiger partial charge in [-0.3, -0.25) is 20.2 Å². The van der Waals surface area contributed by atoms with Gasteiger partial charge in [0.2, 0.25) is 0 Å². The third kappa shape index (κ3) is 9.26. The maximum Gasteiger partial charge on any atom is 0.308 e. The summed E-state index contributed by atoms with van der Waals surface area (Å²) in [6.07, 6.45) is 0.456. The molecule has 350 valence electrons. The van der Waals surface area contributed by atoms with Crippen molar-refractivity contribution in [3.05, 3.63) is 143 Å². The summed E-state index contributed by atoms with van der Waals surface area (Å²) in [7, 11) is -4.72. The van der Waals surface area contributed by atoms with Crippen LogP contribution in [0.4, 0.5) is 26.3 Å². The topological polar surface area (TPSA) is 173 Å². The number of methoxy groups -OCH3 is 2. The van der Waals surface area contributed by atoms with E-state index in [0.29, 0.717) is 32.2 Å². The van der Waals surface area contributed by atoms with Gasteiger partial charge >= 0.3 is 11.9 Å². The van der Waals surface area contributed by atoms with Gasteiger partial charge in [-0.1, -0.05) is 12.1 Å². The van der Waals surface area contributed by atoms with Crippen molar-refractivity contribution in [3.63, 3.8) is 0 Å². The number of aromatic nitrogens is 2. The monoisotopic (exact) mass is 962 g/mol. The van der Waals surface area contributed by atoms with Crippen LogP contribution in [0.2, 0.25) is 0 Å². The number of nitrogens with zero attached hydrogens (tertiary/aromatic N) is 2. The van der Waals surface area contributed by atoms with Gasteiger partial charge in [-0.15, -0.1) is 0 Å². The first kappa shape index (κ1) is 48.8. The Morgan fingerprint density at radius 3 is 1.21 bits per heavy atom. The van der Waals surface area contributed by atoms with Crippen LogP contribution in [0.3, 0.4) is 0 Å². The molecule has 0 fully saturated rings. The summed E-state index contributed by atoms with van der Waals surface area (Å²) in [6.45, 7) is 2.55. The Hall–Kier alpha value is -6.62. The number of hydrogen-bond donors (Lipinski definition) is 2. The van der Waals surface area contributed by atoms with E-state index in [0.717, 1.165) is 87.3 Å². The largest absolute Gasteiger partial charge is 0.494 e. The normalized spacial score (nSPS) is 13.7. The van der Waals surface area contributed by atoms with Gasteiger partial charge in [0.15, 0.2) is 22.9 Å². The lowest BCUT2D eigenvalue weighted by Gasteiger charge is -2.30. The summed E-state index contributed by atoms with van der Waals surface area (Å²) in [4.78, 5) is 26.0. The quantitative estimate of drug-likeness (QED) is 0.0532. The molecule has 2 N–H and O–H groups in total. The Bertz CT molecular complexity index is 2880. The van der Waals surface area contributed by atoms with Crippen LogP contribution in [0.5, 0.6) is 11.5 Å². The van der Waals surface area contributed by atoms with Gasteiger partial charge in [0, 0.05) is 35.7 Å². The summed E-state index contributed by atoms with van der Waals surface area (Å²) < 4.78 is 168. The second-order valence-corrected chi connectivity index (χ2v) is 18.3. The fourth-order valence-electron chi connectivity index (χ4n) is 6.98. The van der Waals surface area contributed by atoms with E-state index < -0.39 is 123 Å². The van der Waals surface area contributed by atoms with Crippen LogP contribution in [-0.2, 0) is 50.6 Å². The van der Waals surface area contributed by atoms with Gasteiger partial charge in [0.25, 0.3) is 20.0 Å². The van der Waals surface area contributed by atoms with E-state index in [9.17, 15) is 44.0 Å². The molecular formula is C44H40F6N4O10S2. The molecule has 2 aromatic heterocycles. The molecule has 14 nitrogen and oxygen atoms in total. The highest BCUT2D eigenvalue weighted by atomic mass is 32.2. The molecule has 0 spiro atoms. The molecule has 6 aromatic rings. The second kappa shape index (κ2) is 18.7. The van der Waals surface area contributed by atoms with Crippen LogP contribution >= 0.6 is 0 Å². The Balaban J connectivity index is 1.33. The van der Waals surface area contributed by atoms with E-state index in [1.165, 1.54) is 27.9 Å². The molecule has 0 amide bonds. The SMILES string of the molecule is CNC(C)(OC(=O)CCC(=O)OC(C)(NC)c1cn(S(=O)(=O)c2cccc(F)c2)c(-c2ccc(F)cc2F)c1OC)c1cn(S(=O)(=O)c2cccc(F)c2)c(-c2ccc(F)cc2F)c1OC. The van der Waals surface area contributed by atoms with E-state index >= 15 is 8.78 Å². The van der Waals surface area contributed by atoms with Crippen LogP contribution in [0.15, 0.2) is 107 Å². The number of rotatable bonds is 17. The molecule has 0 aliphatic rings. The van der Waals surface area contributed by atoms with Crippen LogP contribution in [0.1, 0.15) is 37.8 Å². The van der Waals surface area contributed by atoms with Crippen molar-refractivity contribution < 1.29 is 71.7 Å². The Morgan fingerprint density at radius 1 is 0.561 bits per heavy atom. The van der Waals surface area contributed by atoms with Crippen molar-refractivity contribution in [2.45, 2.75) is 47.9 Å². The molecule has 2 atom stereocenters. The van der Waals surface area contributed by atoms with Crippen molar-refractivity contribution in [3.8, 4) is 34.0 Å². The average molecular weight is 963 g/mol. The summed E-state index contributed by atoms with van der Waals surface area (Å²) >= 11 is 0. The standard InChI is InChI=1S/C44H40F6N4O10S2/c1-43(51-3,33-23-53(65(57,58)29-11-7-9-25(45)19-29)39(41(33)61-5)31-15-13-27(47)21-35(31)49)63-37(55)17-18-38(56)64-44(2,52-4)34-24-54(66(59,60)30-12-8-10-26(46)20-30)40(42(34)62-6)32-16-14-28(48)22-36(32)50/h7-16,19-24,51-52H,17-18H2,1-6H3. The summed E-state index contributed by atoms with van der Waals surface area (Å²) in [5, 5.41) is 5.47. The molecule has 0 saturated heterocycles. The number of hydrogen-bond acceptors (Lipinski definition) is 12. The summed E-state index contributed by atoms with van der Waals surface area (Å²) in [5.41, 5.74) is -6.38. The van der Waals surface area contributed by atoms with Crippen molar-refractivity contribution in [2.75, 3.05) is 28.3 Å². The second-order valence-electron chi connectivity index (χ2n) is 14.6.